The Kier molecular flexibility index (Phi) is 8.07. The third kappa shape index (κ3) is 6.42. The molecule has 35 heavy (non-hydrogen) atoms. The molecular weight excluding hydrogens is 505 g/mol. The van der Waals surface area contributed by atoms with Crippen LogP contribution in [0.25, 0.3) is 5.69 Å². The maximum Gasteiger partial charge on any atom is 0.251 e. The number of nitrogens with one attached hydrogen (secondary N) is 2. The molecule has 1 heterocycles. The van der Waals surface area contributed by atoms with Gasteiger partial charge in [0.25, 0.3) is 5.91 Å². The van der Waals surface area contributed by atoms with Crippen LogP contribution in [0.15, 0.2) is 78.0 Å². The molecule has 0 aliphatic rings. The van der Waals surface area contributed by atoms with Crippen LogP contribution in [0.1, 0.15) is 21.7 Å². The number of nitrogens with zero attached hydrogens (tertiary/aromatic N) is 3. The van der Waals surface area contributed by atoms with Gasteiger partial charge in [-0.2, -0.15) is 0 Å². The van der Waals surface area contributed by atoms with Crippen LogP contribution in [0, 0.1) is 6.92 Å². The normalized spacial score (nSPS) is 10.7. The van der Waals surface area contributed by atoms with E-state index in [-0.39, 0.29) is 24.1 Å². The second kappa shape index (κ2) is 11.4. The highest BCUT2D eigenvalue weighted by Gasteiger charge is 2.18. The van der Waals surface area contributed by atoms with Crippen LogP contribution in [-0.4, -0.2) is 32.3 Å². The SMILES string of the molecule is Cc1cccc(NC(=O)CSc2nnc(CNC(=O)c3ccccc3)n2-c2ccc(Cl)c(Cl)c2)c1. The smallest absolute Gasteiger partial charge is 0.251 e. The first-order valence-corrected chi connectivity index (χ1v) is 12.4. The molecule has 10 heteroatoms. The van der Waals surface area contributed by atoms with Crippen LogP contribution < -0.4 is 10.6 Å². The minimum atomic E-state index is -0.235. The standard InChI is InChI=1S/C25H21Cl2N5O2S/c1-16-6-5-9-18(12-16)29-23(33)15-35-25-31-30-22(14-28-24(34)17-7-3-2-4-8-17)32(25)19-10-11-20(26)21(27)13-19/h2-13H,14-15H2,1H3,(H,28,34)(H,29,33). The van der Waals surface area contributed by atoms with Gasteiger partial charge in [-0.15, -0.1) is 10.2 Å². The summed E-state index contributed by atoms with van der Waals surface area (Å²) in [5.41, 5.74) is 2.98. The van der Waals surface area contributed by atoms with Crippen LogP contribution >= 0.6 is 35.0 Å². The fraction of sp³-hybridized carbons (Fsp3) is 0.120. The summed E-state index contributed by atoms with van der Waals surface area (Å²) in [5, 5.41) is 15.5. The first-order chi connectivity index (χ1) is 16.9. The van der Waals surface area contributed by atoms with Crippen molar-refractivity contribution >= 4 is 52.5 Å². The number of hydrogen-bond acceptors (Lipinski definition) is 5. The lowest BCUT2D eigenvalue weighted by Gasteiger charge is -2.12. The van der Waals surface area contributed by atoms with Gasteiger partial charge in [-0.1, -0.05) is 65.3 Å². The minimum Gasteiger partial charge on any atom is -0.345 e. The first-order valence-electron chi connectivity index (χ1n) is 10.6. The molecule has 178 valence electrons. The van der Waals surface area contributed by atoms with E-state index in [0.29, 0.717) is 32.3 Å². The number of aryl methyl sites for hydroxylation is 1. The molecule has 2 N–H and O–H groups in total. The van der Waals surface area contributed by atoms with E-state index in [1.807, 2.05) is 37.3 Å². The Morgan fingerprint density at radius 2 is 1.74 bits per heavy atom. The number of aromatic nitrogens is 3. The summed E-state index contributed by atoms with van der Waals surface area (Å²) in [6, 6.07) is 21.6. The van der Waals surface area contributed by atoms with E-state index < -0.39 is 0 Å². The highest BCUT2D eigenvalue weighted by molar-refractivity contribution is 7.99. The number of amides is 2. The van der Waals surface area contributed by atoms with Crippen molar-refractivity contribution < 1.29 is 9.59 Å². The maximum absolute atomic E-state index is 12.5. The molecule has 0 saturated heterocycles. The summed E-state index contributed by atoms with van der Waals surface area (Å²) in [4.78, 5) is 25.1. The van der Waals surface area contributed by atoms with E-state index in [4.69, 9.17) is 23.2 Å². The molecule has 0 fully saturated rings. The Morgan fingerprint density at radius 3 is 2.49 bits per heavy atom. The number of benzene rings is 3. The lowest BCUT2D eigenvalue weighted by molar-refractivity contribution is -0.113. The zero-order valence-electron chi connectivity index (χ0n) is 18.7. The molecule has 0 aliphatic carbocycles. The quantitative estimate of drug-likeness (QED) is 0.294. The van der Waals surface area contributed by atoms with E-state index >= 15 is 0 Å². The summed E-state index contributed by atoms with van der Waals surface area (Å²) in [6.45, 7) is 2.08. The number of rotatable bonds is 8. The van der Waals surface area contributed by atoms with Crippen molar-refractivity contribution in [1.82, 2.24) is 20.1 Å². The fourth-order valence-electron chi connectivity index (χ4n) is 3.29. The van der Waals surface area contributed by atoms with Gasteiger partial charge in [0.15, 0.2) is 11.0 Å². The second-order valence-corrected chi connectivity index (χ2v) is 9.34. The van der Waals surface area contributed by atoms with Crippen molar-refractivity contribution in [2.45, 2.75) is 18.6 Å². The highest BCUT2D eigenvalue weighted by Crippen LogP contribution is 2.28. The number of thioether (sulfide) groups is 1. The van der Waals surface area contributed by atoms with Crippen molar-refractivity contribution in [3.05, 3.63) is 99.8 Å². The van der Waals surface area contributed by atoms with Gasteiger partial charge in [0.1, 0.15) is 0 Å². The molecule has 0 radical (unpaired) electrons. The maximum atomic E-state index is 12.5. The zero-order chi connectivity index (χ0) is 24.8. The average molecular weight is 526 g/mol. The summed E-state index contributed by atoms with van der Waals surface area (Å²) < 4.78 is 1.75. The Labute approximate surface area is 216 Å². The van der Waals surface area contributed by atoms with E-state index in [0.717, 1.165) is 11.3 Å². The molecule has 7 nitrogen and oxygen atoms in total. The molecule has 0 saturated carbocycles. The van der Waals surface area contributed by atoms with E-state index in [2.05, 4.69) is 20.8 Å². The molecule has 0 spiro atoms. The summed E-state index contributed by atoms with van der Waals surface area (Å²) in [5.74, 6) is 0.183. The monoisotopic (exact) mass is 525 g/mol. The van der Waals surface area contributed by atoms with Gasteiger partial charge in [-0.3, -0.25) is 14.2 Å². The average Bonchev–Trinajstić information content (AvgIpc) is 3.26. The van der Waals surface area contributed by atoms with Crippen LogP contribution in [0.3, 0.4) is 0 Å². The van der Waals surface area contributed by atoms with Crippen LogP contribution in [0.2, 0.25) is 10.0 Å². The molecule has 0 aliphatic heterocycles. The summed E-state index contributed by atoms with van der Waals surface area (Å²) >= 11 is 13.6. The highest BCUT2D eigenvalue weighted by atomic mass is 35.5. The molecule has 4 rings (SSSR count). The number of halogens is 2. The Balaban J connectivity index is 1.53. The summed E-state index contributed by atoms with van der Waals surface area (Å²) in [6.07, 6.45) is 0. The van der Waals surface area contributed by atoms with Gasteiger partial charge in [-0.05, 0) is 55.0 Å². The Hall–Kier alpha value is -3.33. The van der Waals surface area contributed by atoms with E-state index in [1.54, 1.807) is 47.0 Å². The van der Waals surface area contributed by atoms with Crippen molar-refractivity contribution in [2.24, 2.45) is 0 Å². The molecule has 3 aromatic carbocycles. The first kappa shape index (κ1) is 24.8. The molecule has 0 bridgehead atoms. The third-order valence-electron chi connectivity index (χ3n) is 4.94. The minimum absolute atomic E-state index is 0.115. The molecule has 0 unspecified atom stereocenters. The van der Waals surface area contributed by atoms with Gasteiger partial charge in [0, 0.05) is 11.3 Å². The van der Waals surface area contributed by atoms with Crippen molar-refractivity contribution in [3.63, 3.8) is 0 Å². The van der Waals surface area contributed by atoms with Crippen molar-refractivity contribution in [3.8, 4) is 5.69 Å². The van der Waals surface area contributed by atoms with Crippen molar-refractivity contribution in [1.29, 1.82) is 0 Å². The molecule has 1 aromatic heterocycles. The number of carbonyl (C=O) groups is 2. The number of carbonyl (C=O) groups excluding carboxylic acids is 2. The van der Waals surface area contributed by atoms with Crippen molar-refractivity contribution in [2.75, 3.05) is 11.1 Å². The second-order valence-electron chi connectivity index (χ2n) is 7.59. The zero-order valence-corrected chi connectivity index (χ0v) is 21.0. The Morgan fingerprint density at radius 1 is 0.943 bits per heavy atom. The number of anilines is 1. The molecule has 4 aromatic rings. The topological polar surface area (TPSA) is 88.9 Å². The van der Waals surface area contributed by atoms with Crippen LogP contribution in [-0.2, 0) is 11.3 Å². The third-order valence-corrected chi connectivity index (χ3v) is 6.61. The molecule has 2 amide bonds. The Bertz CT molecular complexity index is 1360. The van der Waals surface area contributed by atoms with Gasteiger partial charge >= 0.3 is 0 Å². The van der Waals surface area contributed by atoms with Gasteiger partial charge in [-0.25, -0.2) is 0 Å². The lowest BCUT2D eigenvalue weighted by atomic mass is 10.2. The van der Waals surface area contributed by atoms with Crippen LogP contribution in [0.5, 0.6) is 0 Å². The predicted molar refractivity (Wildman–Crippen MR) is 140 cm³/mol. The fourth-order valence-corrected chi connectivity index (χ4v) is 4.36. The molecule has 0 atom stereocenters. The number of hydrogen-bond donors (Lipinski definition) is 2. The van der Waals surface area contributed by atoms with Gasteiger partial charge in [0.2, 0.25) is 5.91 Å². The molecular formula is C25H21Cl2N5O2S. The predicted octanol–water partition coefficient (Wildman–Crippen LogP) is 5.54. The largest absolute Gasteiger partial charge is 0.345 e. The van der Waals surface area contributed by atoms with Gasteiger partial charge < -0.3 is 10.6 Å². The summed E-state index contributed by atoms with van der Waals surface area (Å²) in [7, 11) is 0. The van der Waals surface area contributed by atoms with E-state index in [9.17, 15) is 9.59 Å². The lowest BCUT2D eigenvalue weighted by Crippen LogP contribution is -2.24. The van der Waals surface area contributed by atoms with Gasteiger partial charge in [0.05, 0.1) is 28.0 Å². The van der Waals surface area contributed by atoms with Crippen LogP contribution in [0.4, 0.5) is 5.69 Å². The van der Waals surface area contributed by atoms with E-state index in [1.165, 1.54) is 11.8 Å².